The van der Waals surface area contributed by atoms with E-state index in [9.17, 15) is 20.0 Å². The van der Waals surface area contributed by atoms with Crippen LogP contribution < -0.4 is 5.32 Å². The number of benzene rings is 1. The van der Waals surface area contributed by atoms with E-state index in [1.807, 2.05) is 36.4 Å². The van der Waals surface area contributed by atoms with Crippen molar-refractivity contribution in [1.29, 1.82) is 0 Å². The van der Waals surface area contributed by atoms with Crippen molar-refractivity contribution in [1.82, 2.24) is 5.32 Å². The largest absolute Gasteiger partial charge is 0.477 e. The Bertz CT molecular complexity index is 1020. The molecule has 7 heteroatoms. The third-order valence-corrected chi connectivity index (χ3v) is 9.12. The number of hydrogen-bond donors (Lipinski definition) is 2. The van der Waals surface area contributed by atoms with Crippen LogP contribution in [0, 0.1) is 39.2 Å². The normalized spacial score (nSPS) is 34.4. The summed E-state index contributed by atoms with van der Waals surface area (Å²) in [5.74, 6) is 1.57. The number of allylic oxidation sites excluding steroid dienone is 2. The zero-order valence-electron chi connectivity index (χ0n) is 19.7. The van der Waals surface area contributed by atoms with E-state index in [0.717, 1.165) is 49.7 Å². The molecule has 2 N–H and O–H groups in total. The second-order valence-electron chi connectivity index (χ2n) is 10.7. The predicted molar refractivity (Wildman–Crippen MR) is 127 cm³/mol. The third-order valence-electron chi connectivity index (χ3n) is 9.12. The molecular formula is C27H34N2O5. The number of nitrogens with zero attached hydrogens (tertiary/aromatic N) is 1. The summed E-state index contributed by atoms with van der Waals surface area (Å²) in [4.78, 5) is 24.1. The molecule has 0 aliphatic heterocycles. The van der Waals surface area contributed by atoms with Gasteiger partial charge in [0.25, 0.3) is 5.91 Å². The molecule has 3 saturated carbocycles. The van der Waals surface area contributed by atoms with Gasteiger partial charge in [0.1, 0.15) is 0 Å². The zero-order valence-corrected chi connectivity index (χ0v) is 19.7. The molecule has 182 valence electrons. The number of amides is 1. The van der Waals surface area contributed by atoms with Crippen LogP contribution >= 0.6 is 0 Å². The molecular weight excluding hydrogens is 432 g/mol. The average Bonchev–Trinajstić information content (AvgIpc) is 3.15. The lowest BCUT2D eigenvalue weighted by Gasteiger charge is -2.52. The summed E-state index contributed by atoms with van der Waals surface area (Å²) >= 11 is 0. The van der Waals surface area contributed by atoms with Crippen LogP contribution in [-0.4, -0.2) is 28.6 Å². The number of fused-ring (bicyclic) bond motifs is 5. The molecule has 6 atom stereocenters. The summed E-state index contributed by atoms with van der Waals surface area (Å²) in [6.45, 7) is 2.40. The minimum Gasteiger partial charge on any atom is -0.477 e. The Hall–Kier alpha value is -2.67. The number of aliphatic hydroxyl groups is 1. The van der Waals surface area contributed by atoms with Crippen molar-refractivity contribution < 1.29 is 19.6 Å². The van der Waals surface area contributed by atoms with E-state index < -0.39 is 0 Å². The molecule has 0 bridgehead atoms. The van der Waals surface area contributed by atoms with Crippen molar-refractivity contribution in [3.8, 4) is 0 Å². The van der Waals surface area contributed by atoms with Crippen molar-refractivity contribution in [2.75, 3.05) is 6.61 Å². The number of ether oxygens (including phenoxy) is 1. The van der Waals surface area contributed by atoms with Crippen molar-refractivity contribution in [2.24, 2.45) is 29.1 Å². The van der Waals surface area contributed by atoms with Gasteiger partial charge in [-0.2, -0.15) is 0 Å². The fraction of sp³-hybridized carbons (Fsp3) is 0.593. The first-order chi connectivity index (χ1) is 16.4. The molecule has 6 unspecified atom stereocenters. The van der Waals surface area contributed by atoms with Gasteiger partial charge in [-0.3, -0.25) is 14.9 Å². The molecule has 1 amide bonds. The van der Waals surface area contributed by atoms with Gasteiger partial charge in [-0.25, -0.2) is 0 Å². The van der Waals surface area contributed by atoms with E-state index in [-0.39, 0.29) is 46.3 Å². The van der Waals surface area contributed by atoms with Crippen LogP contribution in [0.25, 0.3) is 0 Å². The molecule has 4 aliphatic carbocycles. The highest BCUT2D eigenvalue weighted by Gasteiger charge is 2.56. The summed E-state index contributed by atoms with van der Waals surface area (Å²) in [6, 6.07) is 9.59. The fourth-order valence-corrected chi connectivity index (χ4v) is 7.40. The maximum atomic E-state index is 12.3. The first-order valence-corrected chi connectivity index (χ1v) is 12.6. The van der Waals surface area contributed by atoms with Crippen LogP contribution in [-0.2, 0) is 16.1 Å². The van der Waals surface area contributed by atoms with E-state index in [4.69, 9.17) is 4.74 Å². The molecule has 0 spiro atoms. The summed E-state index contributed by atoms with van der Waals surface area (Å²) in [7, 11) is 0. The summed E-state index contributed by atoms with van der Waals surface area (Å²) < 4.78 is 5.71. The molecule has 1 aromatic rings. The molecule has 0 saturated heterocycles. The molecule has 1 aromatic carbocycles. The van der Waals surface area contributed by atoms with Crippen molar-refractivity contribution in [2.45, 2.75) is 64.5 Å². The third kappa shape index (κ3) is 4.04. The highest BCUT2D eigenvalue weighted by atomic mass is 16.6. The Kier molecular flexibility index (Phi) is 6.23. The lowest BCUT2D eigenvalue weighted by atomic mass is 9.52. The summed E-state index contributed by atoms with van der Waals surface area (Å²) in [6.07, 6.45) is 7.92. The lowest BCUT2D eigenvalue weighted by Crippen LogP contribution is -2.47. The Morgan fingerprint density at radius 1 is 1.21 bits per heavy atom. The molecule has 34 heavy (non-hydrogen) atoms. The predicted octanol–water partition coefficient (Wildman–Crippen LogP) is 4.35. The lowest BCUT2D eigenvalue weighted by molar-refractivity contribution is -0.426. The highest BCUT2D eigenvalue weighted by molar-refractivity contribution is 5.77. The van der Waals surface area contributed by atoms with E-state index in [1.54, 1.807) is 0 Å². The Morgan fingerprint density at radius 3 is 2.76 bits per heavy atom. The Morgan fingerprint density at radius 2 is 2.00 bits per heavy atom. The van der Waals surface area contributed by atoms with E-state index in [2.05, 4.69) is 12.2 Å². The number of nitro groups is 1. The summed E-state index contributed by atoms with van der Waals surface area (Å²) in [5, 5.41) is 25.5. The number of hydrogen-bond acceptors (Lipinski definition) is 5. The van der Waals surface area contributed by atoms with Gasteiger partial charge in [-0.15, -0.1) is 0 Å². The van der Waals surface area contributed by atoms with Gasteiger partial charge in [0.2, 0.25) is 0 Å². The van der Waals surface area contributed by atoms with Gasteiger partial charge in [-0.05, 0) is 85.7 Å². The number of aliphatic hydroxyl groups excluding tert-OH is 1. The van der Waals surface area contributed by atoms with Crippen molar-refractivity contribution in [3.63, 3.8) is 0 Å². The quantitative estimate of drug-likeness (QED) is 0.479. The maximum Gasteiger partial charge on any atom is 0.310 e. The van der Waals surface area contributed by atoms with Gasteiger partial charge in [-0.1, -0.05) is 37.3 Å². The molecule has 4 aliphatic rings. The maximum absolute atomic E-state index is 12.3. The first-order valence-electron chi connectivity index (χ1n) is 12.6. The summed E-state index contributed by atoms with van der Waals surface area (Å²) in [5.41, 5.74) is 1.96. The van der Waals surface area contributed by atoms with Crippen LogP contribution in [0.1, 0.15) is 57.4 Å². The van der Waals surface area contributed by atoms with Crippen LogP contribution in [0.5, 0.6) is 0 Å². The Labute approximate surface area is 200 Å². The van der Waals surface area contributed by atoms with Crippen LogP contribution in [0.4, 0.5) is 0 Å². The van der Waals surface area contributed by atoms with Gasteiger partial charge in [0, 0.05) is 12.1 Å². The molecule has 7 nitrogen and oxygen atoms in total. The fourth-order valence-electron chi connectivity index (χ4n) is 7.40. The minimum absolute atomic E-state index is 0.000205. The van der Waals surface area contributed by atoms with E-state index in [0.29, 0.717) is 30.7 Å². The number of carbonyl (C=O) groups is 1. The minimum atomic E-state index is -0.318. The smallest absolute Gasteiger partial charge is 0.310 e. The topological polar surface area (TPSA) is 102 Å². The van der Waals surface area contributed by atoms with Gasteiger partial charge >= 0.3 is 5.70 Å². The molecule has 0 heterocycles. The molecule has 0 aromatic heterocycles. The highest BCUT2D eigenvalue weighted by Crippen LogP contribution is 2.62. The molecule has 5 rings (SSSR count). The van der Waals surface area contributed by atoms with Crippen LogP contribution in [0.2, 0.25) is 0 Å². The molecule has 0 radical (unpaired) electrons. The standard InChI is InChI=1S/C27H34N2O5/c1-27-14-13-19-18-9-11-23(34-16-25(31)28-15-17-5-3-2-4-6-17)26(29(32)33)21(18)8-7-20(19)22(27)10-12-24(27)30/h2-6,11,18-20,22,24,30H,7-10,12-16H2,1H3,(H,28,31). The second kappa shape index (κ2) is 9.17. The van der Waals surface area contributed by atoms with Crippen LogP contribution in [0.15, 0.2) is 53.4 Å². The van der Waals surface area contributed by atoms with Crippen molar-refractivity contribution in [3.05, 3.63) is 69.1 Å². The van der Waals surface area contributed by atoms with Crippen molar-refractivity contribution >= 4 is 5.91 Å². The second-order valence-corrected chi connectivity index (χ2v) is 10.7. The van der Waals surface area contributed by atoms with E-state index >= 15 is 0 Å². The number of carbonyl (C=O) groups excluding carboxylic acids is 1. The van der Waals surface area contributed by atoms with Gasteiger partial charge < -0.3 is 15.2 Å². The van der Waals surface area contributed by atoms with Gasteiger partial charge in [0.15, 0.2) is 12.4 Å². The average molecular weight is 467 g/mol. The zero-order chi connectivity index (χ0) is 23.9. The molecule has 3 fully saturated rings. The monoisotopic (exact) mass is 466 g/mol. The Balaban J connectivity index is 1.26. The van der Waals surface area contributed by atoms with Crippen LogP contribution in [0.3, 0.4) is 0 Å². The van der Waals surface area contributed by atoms with E-state index in [1.165, 1.54) is 0 Å². The number of nitrogens with one attached hydrogen (secondary N) is 1. The van der Waals surface area contributed by atoms with Gasteiger partial charge in [0.05, 0.1) is 11.0 Å². The number of rotatable bonds is 6. The SMILES string of the molecule is CC12CCC3C4CC=C(OCC(=O)NCc5ccccc5)C([N+](=O)[O-])=C4CCC3C1CCC2O. The first kappa shape index (κ1) is 23.1.